The van der Waals surface area contributed by atoms with Gasteiger partial charge in [-0.15, -0.1) is 0 Å². The average Bonchev–Trinajstić information content (AvgIpc) is 2.92. The molecule has 1 heterocycles. The number of nitrogens with zero attached hydrogens (tertiary/aromatic N) is 1. The molecule has 0 atom stereocenters. The zero-order valence-corrected chi connectivity index (χ0v) is 14.0. The van der Waals surface area contributed by atoms with Crippen LogP contribution in [0.4, 0.5) is 5.82 Å². The first-order valence-electron chi connectivity index (χ1n) is 7.12. The van der Waals surface area contributed by atoms with E-state index in [-0.39, 0.29) is 29.5 Å². The summed E-state index contributed by atoms with van der Waals surface area (Å²) < 4.78 is 31.5. The molecule has 0 aliphatic rings. The zero-order valence-electron chi connectivity index (χ0n) is 13.2. The van der Waals surface area contributed by atoms with E-state index in [9.17, 15) is 18.0 Å². The molecule has 0 saturated heterocycles. The van der Waals surface area contributed by atoms with E-state index in [1.807, 2.05) is 0 Å². The standard InChI is InChI=1S/C15H17N3O5S/c1-10-8-14(18-23-10)17-15(20)6-7-16-24(21,22)13-5-3-4-12(9-13)11(2)19/h3-5,8-9,16H,6-7H2,1-2H3,(H,17,18,20). The Labute approximate surface area is 139 Å². The summed E-state index contributed by atoms with van der Waals surface area (Å²) in [6.45, 7) is 2.95. The second kappa shape index (κ2) is 7.37. The largest absolute Gasteiger partial charge is 0.360 e. The number of benzene rings is 1. The minimum absolute atomic E-state index is 0.0252. The van der Waals surface area contributed by atoms with Gasteiger partial charge < -0.3 is 9.84 Å². The number of hydrogen-bond donors (Lipinski definition) is 2. The molecular weight excluding hydrogens is 334 g/mol. The van der Waals surface area contributed by atoms with Crippen LogP contribution in [0.15, 0.2) is 39.8 Å². The van der Waals surface area contributed by atoms with Gasteiger partial charge in [-0.05, 0) is 26.0 Å². The smallest absolute Gasteiger partial charge is 0.240 e. The van der Waals surface area contributed by atoms with Gasteiger partial charge in [0.05, 0.1) is 4.90 Å². The number of aromatic nitrogens is 1. The highest BCUT2D eigenvalue weighted by Crippen LogP contribution is 2.12. The second-order valence-corrected chi connectivity index (χ2v) is 6.87. The Morgan fingerprint density at radius 1 is 1.25 bits per heavy atom. The molecule has 0 aliphatic heterocycles. The van der Waals surface area contributed by atoms with Crippen LogP contribution in [-0.4, -0.2) is 31.8 Å². The van der Waals surface area contributed by atoms with Gasteiger partial charge in [-0.1, -0.05) is 17.3 Å². The minimum atomic E-state index is -3.80. The fraction of sp³-hybridized carbons (Fsp3) is 0.267. The summed E-state index contributed by atoms with van der Waals surface area (Å²) in [6, 6.07) is 7.25. The monoisotopic (exact) mass is 351 g/mol. The van der Waals surface area contributed by atoms with E-state index in [0.717, 1.165) is 0 Å². The van der Waals surface area contributed by atoms with Gasteiger partial charge in [-0.25, -0.2) is 13.1 Å². The van der Waals surface area contributed by atoms with E-state index in [2.05, 4.69) is 15.2 Å². The zero-order chi connectivity index (χ0) is 17.7. The molecule has 1 amide bonds. The lowest BCUT2D eigenvalue weighted by Gasteiger charge is -2.07. The minimum Gasteiger partial charge on any atom is -0.360 e. The Morgan fingerprint density at radius 2 is 2.00 bits per heavy atom. The molecule has 0 unspecified atom stereocenters. The van der Waals surface area contributed by atoms with Crippen molar-refractivity contribution >= 4 is 27.5 Å². The van der Waals surface area contributed by atoms with Crippen molar-refractivity contribution in [3.8, 4) is 0 Å². The van der Waals surface area contributed by atoms with Crippen molar-refractivity contribution in [1.29, 1.82) is 0 Å². The molecule has 0 spiro atoms. The topological polar surface area (TPSA) is 118 Å². The normalized spacial score (nSPS) is 11.2. The molecule has 0 fully saturated rings. The van der Waals surface area contributed by atoms with Crippen LogP contribution < -0.4 is 10.0 Å². The van der Waals surface area contributed by atoms with E-state index < -0.39 is 15.9 Å². The summed E-state index contributed by atoms with van der Waals surface area (Å²) in [5, 5.41) is 6.10. The first-order valence-corrected chi connectivity index (χ1v) is 8.60. The Bertz CT molecular complexity index is 857. The number of carbonyl (C=O) groups is 2. The van der Waals surface area contributed by atoms with Crippen LogP contribution >= 0.6 is 0 Å². The first-order chi connectivity index (χ1) is 11.3. The molecule has 128 valence electrons. The highest BCUT2D eigenvalue weighted by atomic mass is 32.2. The Morgan fingerprint density at radius 3 is 2.62 bits per heavy atom. The third-order valence-corrected chi connectivity index (χ3v) is 4.55. The van der Waals surface area contributed by atoms with Gasteiger partial charge in [0.2, 0.25) is 15.9 Å². The molecule has 0 aliphatic carbocycles. The first kappa shape index (κ1) is 17.8. The molecule has 9 heteroatoms. The van der Waals surface area contributed by atoms with Gasteiger partial charge in [0.25, 0.3) is 0 Å². The summed E-state index contributed by atoms with van der Waals surface area (Å²) in [5.74, 6) is 0.198. The molecular formula is C15H17N3O5S. The highest BCUT2D eigenvalue weighted by molar-refractivity contribution is 7.89. The van der Waals surface area contributed by atoms with E-state index in [0.29, 0.717) is 11.3 Å². The van der Waals surface area contributed by atoms with E-state index >= 15 is 0 Å². The molecule has 2 rings (SSSR count). The Balaban J connectivity index is 1.92. The van der Waals surface area contributed by atoms with Crippen LogP contribution in [0, 0.1) is 6.92 Å². The molecule has 0 saturated carbocycles. The van der Waals surface area contributed by atoms with Crippen molar-refractivity contribution in [1.82, 2.24) is 9.88 Å². The fourth-order valence-corrected chi connectivity index (χ4v) is 2.97. The summed E-state index contributed by atoms with van der Waals surface area (Å²) >= 11 is 0. The van der Waals surface area contributed by atoms with Gasteiger partial charge in [-0.2, -0.15) is 0 Å². The third-order valence-electron chi connectivity index (χ3n) is 3.09. The van der Waals surface area contributed by atoms with E-state index in [4.69, 9.17) is 4.52 Å². The van der Waals surface area contributed by atoms with Gasteiger partial charge in [-0.3, -0.25) is 9.59 Å². The number of Topliss-reactive ketones (excluding diaryl/α,β-unsaturated/α-hetero) is 1. The summed E-state index contributed by atoms with van der Waals surface area (Å²) in [6.07, 6.45) is -0.0719. The van der Waals surface area contributed by atoms with Crippen LogP contribution in [0.25, 0.3) is 0 Å². The Hall–Kier alpha value is -2.52. The number of ketones is 1. The molecule has 1 aromatic heterocycles. The predicted molar refractivity (Wildman–Crippen MR) is 86.1 cm³/mol. The number of aryl methyl sites for hydroxylation is 1. The molecule has 0 radical (unpaired) electrons. The average molecular weight is 351 g/mol. The maximum absolute atomic E-state index is 12.2. The van der Waals surface area contributed by atoms with E-state index in [1.165, 1.54) is 31.2 Å². The number of amides is 1. The number of hydrogen-bond acceptors (Lipinski definition) is 6. The van der Waals surface area contributed by atoms with Crippen molar-refractivity contribution < 1.29 is 22.5 Å². The SMILES string of the molecule is CC(=O)c1cccc(S(=O)(=O)NCCC(=O)Nc2cc(C)on2)c1. The van der Waals surface area contributed by atoms with E-state index in [1.54, 1.807) is 13.0 Å². The highest BCUT2D eigenvalue weighted by Gasteiger charge is 2.16. The van der Waals surface area contributed by atoms with Gasteiger partial charge in [0.1, 0.15) is 5.76 Å². The molecule has 0 bridgehead atoms. The maximum Gasteiger partial charge on any atom is 0.240 e. The van der Waals surface area contributed by atoms with Gasteiger partial charge in [0, 0.05) is 24.6 Å². The Kier molecular flexibility index (Phi) is 5.47. The summed E-state index contributed by atoms with van der Waals surface area (Å²) in [7, 11) is -3.80. The van der Waals surface area contributed by atoms with Crippen molar-refractivity contribution in [3.05, 3.63) is 41.7 Å². The van der Waals surface area contributed by atoms with Crippen molar-refractivity contribution in [2.75, 3.05) is 11.9 Å². The summed E-state index contributed by atoms with van der Waals surface area (Å²) in [5.41, 5.74) is 0.303. The van der Waals surface area contributed by atoms with Crippen LogP contribution in [0.1, 0.15) is 29.5 Å². The molecule has 1 aromatic carbocycles. The van der Waals surface area contributed by atoms with Crippen molar-refractivity contribution in [2.45, 2.75) is 25.2 Å². The lowest BCUT2D eigenvalue weighted by molar-refractivity contribution is -0.116. The predicted octanol–water partition coefficient (Wildman–Crippen LogP) is 1.49. The quantitative estimate of drug-likeness (QED) is 0.730. The molecule has 2 N–H and O–H groups in total. The van der Waals surface area contributed by atoms with Gasteiger partial charge >= 0.3 is 0 Å². The molecule has 2 aromatic rings. The third kappa shape index (κ3) is 4.74. The van der Waals surface area contributed by atoms with Crippen molar-refractivity contribution in [3.63, 3.8) is 0 Å². The number of rotatable bonds is 7. The number of sulfonamides is 1. The number of nitrogens with one attached hydrogen (secondary N) is 2. The second-order valence-electron chi connectivity index (χ2n) is 5.10. The number of carbonyl (C=O) groups excluding carboxylic acids is 2. The van der Waals surface area contributed by atoms with Crippen molar-refractivity contribution in [2.24, 2.45) is 0 Å². The lowest BCUT2D eigenvalue weighted by Crippen LogP contribution is -2.28. The number of anilines is 1. The van der Waals surface area contributed by atoms with Gasteiger partial charge in [0.15, 0.2) is 11.6 Å². The molecule has 8 nitrogen and oxygen atoms in total. The lowest BCUT2D eigenvalue weighted by atomic mass is 10.2. The van der Waals surface area contributed by atoms with Crippen LogP contribution in [0.3, 0.4) is 0 Å². The van der Waals surface area contributed by atoms with Crippen LogP contribution in [0.2, 0.25) is 0 Å². The maximum atomic E-state index is 12.2. The van der Waals surface area contributed by atoms with Crippen LogP contribution in [-0.2, 0) is 14.8 Å². The summed E-state index contributed by atoms with van der Waals surface area (Å²) in [4.78, 5) is 23.0. The fourth-order valence-electron chi connectivity index (χ4n) is 1.90. The molecule has 24 heavy (non-hydrogen) atoms. The van der Waals surface area contributed by atoms with Crippen LogP contribution in [0.5, 0.6) is 0 Å².